The van der Waals surface area contributed by atoms with E-state index < -0.39 is 36.0 Å². The number of Topliss-reactive ketones (excluding diaryl/α,β-unsaturated/α-hetero) is 1. The summed E-state index contributed by atoms with van der Waals surface area (Å²) in [7, 11) is -2.89. The SMILES string of the molecule is CCn1c(=O)c(C(=O)C(F)(F)F)c(O)c2ccc3ccccc3c21.Cc1ccccc1P(=O)(c1ccccc1C)c1ccccc1C.[Eu]. The van der Waals surface area contributed by atoms with Gasteiger partial charge in [-0.25, -0.2) is 0 Å². The smallest absolute Gasteiger partial charge is 0.455 e. The van der Waals surface area contributed by atoms with Crippen LogP contribution in [0.3, 0.4) is 0 Å². The standard InChI is InChI=1S/C21H21OP.C17H12F3NO3.Eu/c1-16-10-4-7-13-19(16)23(22,20-14-8-5-11-17(20)2)21-15-9-6-12-18(21)3;1-2-21-13-10-6-4-3-5-9(10)7-8-11(13)14(22)12(16(21)24)15(23)17(18,19)20;/h4-15H,1-3H3;3-8,22H,2H2,1H3;. The predicted octanol–water partition coefficient (Wildman–Crippen LogP) is 7.88. The van der Waals surface area contributed by atoms with Crippen LogP contribution in [0.5, 0.6) is 5.75 Å². The van der Waals surface area contributed by atoms with E-state index in [2.05, 4.69) is 0 Å². The van der Waals surface area contributed by atoms with Gasteiger partial charge in [0.1, 0.15) is 11.3 Å². The monoisotopic (exact) mass is 808 g/mol. The molecule has 6 aromatic rings. The first-order valence-corrected chi connectivity index (χ1v) is 16.7. The summed E-state index contributed by atoms with van der Waals surface area (Å²) in [5.74, 6) is -3.28. The van der Waals surface area contributed by atoms with E-state index >= 15 is 0 Å². The van der Waals surface area contributed by atoms with E-state index in [0.717, 1.165) is 42.6 Å². The zero-order valence-corrected chi connectivity index (χ0v) is 30.0. The van der Waals surface area contributed by atoms with Crippen LogP contribution >= 0.6 is 7.14 Å². The number of alkyl halides is 3. The summed E-state index contributed by atoms with van der Waals surface area (Å²) in [5, 5.41) is 14.4. The van der Waals surface area contributed by atoms with Gasteiger partial charge in [-0.3, -0.25) is 9.59 Å². The Labute approximate surface area is 317 Å². The van der Waals surface area contributed by atoms with Crippen molar-refractivity contribution in [2.75, 3.05) is 0 Å². The molecule has 5 aromatic carbocycles. The zero-order chi connectivity index (χ0) is 34.1. The molecule has 6 rings (SSSR count). The number of nitrogens with zero attached hydrogens (tertiary/aromatic N) is 1. The molecule has 0 saturated carbocycles. The Morgan fingerprint density at radius 2 is 1.15 bits per heavy atom. The normalized spacial score (nSPS) is 11.5. The molecule has 1 aromatic heterocycles. The van der Waals surface area contributed by atoms with E-state index in [1.807, 2.05) is 93.6 Å². The summed E-state index contributed by atoms with van der Waals surface area (Å²) in [5.41, 5.74) is 1.12. The second-order valence-corrected chi connectivity index (χ2v) is 13.9. The minimum absolute atomic E-state index is 0. The van der Waals surface area contributed by atoms with Gasteiger partial charge in [-0.1, -0.05) is 103 Å². The second-order valence-electron chi connectivity index (χ2n) is 11.3. The van der Waals surface area contributed by atoms with Crippen LogP contribution < -0.4 is 21.5 Å². The van der Waals surface area contributed by atoms with Gasteiger partial charge in [0.05, 0.1) is 5.52 Å². The molecular formula is C38H33EuF3NO4P. The Kier molecular flexibility index (Phi) is 11.7. The molecule has 0 aliphatic carbocycles. The largest absolute Gasteiger partial charge is 0.506 e. The Morgan fingerprint density at radius 1 is 0.708 bits per heavy atom. The molecule has 0 bridgehead atoms. The van der Waals surface area contributed by atoms with Crippen LogP contribution in [-0.4, -0.2) is 21.6 Å². The van der Waals surface area contributed by atoms with Crippen LogP contribution in [0.4, 0.5) is 13.2 Å². The van der Waals surface area contributed by atoms with Crippen molar-refractivity contribution in [1.82, 2.24) is 4.57 Å². The third-order valence-electron chi connectivity index (χ3n) is 8.29. The Hall–Kier alpha value is -3.36. The summed E-state index contributed by atoms with van der Waals surface area (Å²) in [6.45, 7) is 7.76. The summed E-state index contributed by atoms with van der Waals surface area (Å²) in [6.07, 6.45) is -5.24. The van der Waals surface area contributed by atoms with Gasteiger partial charge in [0.25, 0.3) is 11.3 Å². The van der Waals surface area contributed by atoms with Crippen LogP contribution in [-0.2, 0) is 11.1 Å². The molecule has 1 heterocycles. The summed E-state index contributed by atoms with van der Waals surface area (Å²) in [4.78, 5) is 24.0. The first-order valence-electron chi connectivity index (χ1n) is 15.0. The van der Waals surface area contributed by atoms with Gasteiger partial charge in [0, 0.05) is 82.6 Å². The second kappa shape index (κ2) is 15.0. The van der Waals surface area contributed by atoms with Crippen LogP contribution in [0.1, 0.15) is 34.0 Å². The topological polar surface area (TPSA) is 76.4 Å². The molecule has 48 heavy (non-hydrogen) atoms. The van der Waals surface area contributed by atoms with Gasteiger partial charge >= 0.3 is 6.18 Å². The number of aromatic nitrogens is 1. The number of carbonyl (C=O) groups is 1. The van der Waals surface area contributed by atoms with E-state index in [0.29, 0.717) is 10.9 Å². The summed E-state index contributed by atoms with van der Waals surface area (Å²) < 4.78 is 53.9. The number of aromatic hydroxyl groups is 1. The number of ketones is 1. The fourth-order valence-corrected chi connectivity index (χ4v) is 9.38. The molecule has 5 nitrogen and oxygen atoms in total. The van der Waals surface area contributed by atoms with E-state index in [9.17, 15) is 32.4 Å². The van der Waals surface area contributed by atoms with Crippen molar-refractivity contribution >= 4 is 50.5 Å². The van der Waals surface area contributed by atoms with Crippen molar-refractivity contribution in [2.24, 2.45) is 0 Å². The number of rotatable bonds is 5. The van der Waals surface area contributed by atoms with Crippen LogP contribution in [0.25, 0.3) is 21.7 Å². The molecule has 10 heteroatoms. The third-order valence-corrected chi connectivity index (χ3v) is 11.8. The number of carbonyl (C=O) groups excluding carboxylic acids is 1. The fourth-order valence-electron chi connectivity index (χ4n) is 6.00. The molecule has 0 aliphatic rings. The van der Waals surface area contributed by atoms with Gasteiger partial charge in [-0.15, -0.1) is 0 Å². The molecule has 0 saturated heterocycles. The first kappa shape index (κ1) is 37.5. The van der Waals surface area contributed by atoms with E-state index in [-0.39, 0.29) is 61.3 Å². The molecule has 0 unspecified atom stereocenters. The maximum absolute atomic E-state index is 14.5. The number of fused-ring (bicyclic) bond motifs is 3. The van der Waals surface area contributed by atoms with Crippen LogP contribution in [0.15, 0.2) is 114 Å². The number of aryl methyl sites for hydroxylation is 4. The minimum Gasteiger partial charge on any atom is -0.506 e. The van der Waals surface area contributed by atoms with Gasteiger partial charge in [0.2, 0.25) is 0 Å². The maximum Gasteiger partial charge on any atom is 0.455 e. The Morgan fingerprint density at radius 3 is 1.58 bits per heavy atom. The summed E-state index contributed by atoms with van der Waals surface area (Å²) in [6, 6.07) is 34.1. The molecule has 0 fully saturated rings. The average Bonchev–Trinajstić information content (AvgIpc) is 3.05. The zero-order valence-electron chi connectivity index (χ0n) is 26.7. The third kappa shape index (κ3) is 6.88. The van der Waals surface area contributed by atoms with Gasteiger partial charge < -0.3 is 14.2 Å². The van der Waals surface area contributed by atoms with Crippen LogP contribution in [0, 0.1) is 70.1 Å². The van der Waals surface area contributed by atoms with Crippen molar-refractivity contribution < 1.29 is 77.0 Å². The first-order chi connectivity index (χ1) is 22.3. The molecule has 0 atom stereocenters. The number of benzene rings is 5. The van der Waals surface area contributed by atoms with Gasteiger partial charge in [0.15, 0.2) is 7.14 Å². The molecule has 1 N–H and O–H groups in total. The Bertz CT molecular complexity index is 2140. The molecular weight excluding hydrogens is 774 g/mol. The van der Waals surface area contributed by atoms with Crippen molar-refractivity contribution in [3.05, 3.63) is 142 Å². The number of pyridine rings is 1. The van der Waals surface area contributed by atoms with E-state index in [4.69, 9.17) is 0 Å². The van der Waals surface area contributed by atoms with E-state index in [1.54, 1.807) is 37.3 Å². The number of hydrogen-bond donors (Lipinski definition) is 1. The maximum atomic E-state index is 14.5. The summed E-state index contributed by atoms with van der Waals surface area (Å²) >= 11 is 0. The quantitative estimate of drug-likeness (QED) is 0.109. The number of halogens is 3. The van der Waals surface area contributed by atoms with Gasteiger partial charge in [-0.2, -0.15) is 13.2 Å². The van der Waals surface area contributed by atoms with Crippen molar-refractivity contribution in [3.63, 3.8) is 0 Å². The van der Waals surface area contributed by atoms with Crippen molar-refractivity contribution in [1.29, 1.82) is 0 Å². The molecule has 0 spiro atoms. The van der Waals surface area contributed by atoms with Crippen molar-refractivity contribution in [3.8, 4) is 5.75 Å². The van der Waals surface area contributed by atoms with E-state index in [1.165, 1.54) is 6.07 Å². The van der Waals surface area contributed by atoms with Crippen LogP contribution in [0.2, 0.25) is 0 Å². The molecule has 0 aliphatic heterocycles. The van der Waals surface area contributed by atoms with Crippen molar-refractivity contribution in [2.45, 2.75) is 40.4 Å². The average molecular weight is 808 g/mol. The molecule has 1 radical (unpaired) electrons. The predicted molar refractivity (Wildman–Crippen MR) is 183 cm³/mol. The molecule has 247 valence electrons. The minimum atomic E-state index is -5.24. The van der Waals surface area contributed by atoms with Gasteiger partial charge in [-0.05, 0) is 55.8 Å². The Balaban J connectivity index is 0.000000212. The molecule has 0 amide bonds. The number of hydrogen-bond acceptors (Lipinski definition) is 4. The fraction of sp³-hybridized carbons (Fsp3) is 0.158.